The molecule has 0 aliphatic heterocycles. The predicted octanol–water partition coefficient (Wildman–Crippen LogP) is 0.678. The maximum Gasteiger partial charge on any atom is 0.220 e. The van der Waals surface area contributed by atoms with Crippen molar-refractivity contribution in [2.24, 2.45) is 0 Å². The van der Waals surface area contributed by atoms with Crippen LogP contribution >= 0.6 is 0 Å². The molecule has 0 unspecified atom stereocenters. The topological polar surface area (TPSA) is 68.4 Å². The largest absolute Gasteiger partial charge is 0.481 e. The fourth-order valence-electron chi connectivity index (χ4n) is 0.956. The van der Waals surface area contributed by atoms with Crippen molar-refractivity contribution < 1.29 is 9.84 Å². The van der Waals surface area contributed by atoms with E-state index in [1.54, 1.807) is 18.2 Å². The molecule has 0 amide bonds. The molecule has 0 saturated carbocycles. The van der Waals surface area contributed by atoms with E-state index in [1.807, 2.05) is 0 Å². The monoisotopic (exact) mass is 180 g/mol. The molecule has 0 atom stereocenters. The molecule has 0 radical (unpaired) electrons. The smallest absolute Gasteiger partial charge is 0.220 e. The molecule has 0 bridgehead atoms. The lowest BCUT2D eigenvalue weighted by molar-refractivity contribution is 0.343. The Balaban J connectivity index is 3.01. The summed E-state index contributed by atoms with van der Waals surface area (Å²) in [5.74, 6) is 0.499. The van der Waals surface area contributed by atoms with E-state index >= 15 is 0 Å². The summed E-state index contributed by atoms with van der Waals surface area (Å²) in [6.07, 6.45) is 4.83. The van der Waals surface area contributed by atoms with E-state index in [0.717, 1.165) is 5.56 Å². The SMILES string of the molecule is COc1ncc(N)cc1C=CCO. The molecule has 13 heavy (non-hydrogen) atoms. The fraction of sp³-hybridized carbons (Fsp3) is 0.222. The summed E-state index contributed by atoms with van der Waals surface area (Å²) in [6, 6.07) is 1.73. The number of aromatic nitrogens is 1. The van der Waals surface area contributed by atoms with Gasteiger partial charge in [0.2, 0.25) is 5.88 Å². The number of aliphatic hydroxyl groups excluding tert-OH is 1. The highest BCUT2D eigenvalue weighted by atomic mass is 16.5. The lowest BCUT2D eigenvalue weighted by Crippen LogP contribution is -1.94. The normalized spacial score (nSPS) is 10.6. The molecule has 0 aromatic carbocycles. The molecule has 70 valence electrons. The molecule has 1 rings (SSSR count). The summed E-state index contributed by atoms with van der Waals surface area (Å²) in [7, 11) is 1.54. The number of hydrogen-bond acceptors (Lipinski definition) is 4. The number of rotatable bonds is 3. The quantitative estimate of drug-likeness (QED) is 0.717. The summed E-state index contributed by atoms with van der Waals surface area (Å²) < 4.78 is 5.00. The molecule has 1 heterocycles. The van der Waals surface area contributed by atoms with Crippen molar-refractivity contribution in [1.29, 1.82) is 0 Å². The van der Waals surface area contributed by atoms with Gasteiger partial charge in [-0.15, -0.1) is 0 Å². The Morgan fingerprint density at radius 2 is 2.46 bits per heavy atom. The van der Waals surface area contributed by atoms with Gasteiger partial charge in [0.25, 0.3) is 0 Å². The van der Waals surface area contributed by atoms with Crippen LogP contribution in [0, 0.1) is 0 Å². The van der Waals surface area contributed by atoms with Crippen LogP contribution in [0.1, 0.15) is 5.56 Å². The number of hydrogen-bond donors (Lipinski definition) is 2. The summed E-state index contributed by atoms with van der Waals surface area (Å²) in [5, 5.41) is 8.58. The third-order valence-electron chi connectivity index (χ3n) is 1.50. The number of pyridine rings is 1. The zero-order chi connectivity index (χ0) is 9.68. The van der Waals surface area contributed by atoms with Crippen LogP contribution in [0.2, 0.25) is 0 Å². The predicted molar refractivity (Wildman–Crippen MR) is 51.3 cm³/mol. The number of anilines is 1. The minimum Gasteiger partial charge on any atom is -0.481 e. The first-order valence-electron chi connectivity index (χ1n) is 3.85. The number of nitrogens with zero attached hydrogens (tertiary/aromatic N) is 1. The van der Waals surface area contributed by atoms with E-state index in [1.165, 1.54) is 13.3 Å². The van der Waals surface area contributed by atoms with Crippen LogP contribution in [0.5, 0.6) is 5.88 Å². The Hall–Kier alpha value is -1.55. The third kappa shape index (κ3) is 2.45. The average molecular weight is 180 g/mol. The lowest BCUT2D eigenvalue weighted by Gasteiger charge is -2.03. The zero-order valence-electron chi connectivity index (χ0n) is 7.40. The van der Waals surface area contributed by atoms with Gasteiger partial charge in [0, 0.05) is 5.56 Å². The van der Waals surface area contributed by atoms with Crippen molar-refractivity contribution in [2.75, 3.05) is 19.5 Å². The number of ether oxygens (including phenoxy) is 1. The van der Waals surface area contributed by atoms with Gasteiger partial charge in [0.1, 0.15) is 0 Å². The van der Waals surface area contributed by atoms with E-state index in [9.17, 15) is 0 Å². The van der Waals surface area contributed by atoms with Crippen molar-refractivity contribution in [2.45, 2.75) is 0 Å². The second-order valence-corrected chi connectivity index (χ2v) is 2.45. The first kappa shape index (κ1) is 9.54. The second-order valence-electron chi connectivity index (χ2n) is 2.45. The molecule has 0 spiro atoms. The molecule has 0 aliphatic rings. The third-order valence-corrected chi connectivity index (χ3v) is 1.50. The van der Waals surface area contributed by atoms with Crippen LogP contribution in [-0.4, -0.2) is 23.8 Å². The van der Waals surface area contributed by atoms with E-state index < -0.39 is 0 Å². The molecule has 1 aromatic heterocycles. The number of nitrogens with two attached hydrogens (primary N) is 1. The molecular weight excluding hydrogens is 168 g/mol. The van der Waals surface area contributed by atoms with Gasteiger partial charge in [-0.1, -0.05) is 12.2 Å². The molecule has 0 aliphatic carbocycles. The van der Waals surface area contributed by atoms with Crippen LogP contribution in [0.4, 0.5) is 5.69 Å². The highest BCUT2D eigenvalue weighted by Crippen LogP contribution is 2.18. The van der Waals surface area contributed by atoms with Crippen molar-refractivity contribution >= 4 is 11.8 Å². The van der Waals surface area contributed by atoms with E-state index in [-0.39, 0.29) is 6.61 Å². The van der Waals surface area contributed by atoms with E-state index in [4.69, 9.17) is 15.6 Å². The molecular formula is C9H12N2O2. The Morgan fingerprint density at radius 3 is 3.08 bits per heavy atom. The van der Waals surface area contributed by atoms with Crippen LogP contribution < -0.4 is 10.5 Å². The van der Waals surface area contributed by atoms with Gasteiger partial charge in [-0.3, -0.25) is 0 Å². The van der Waals surface area contributed by atoms with E-state index in [2.05, 4.69) is 4.98 Å². The van der Waals surface area contributed by atoms with Crippen molar-refractivity contribution in [3.8, 4) is 5.88 Å². The van der Waals surface area contributed by atoms with Gasteiger partial charge in [-0.05, 0) is 6.07 Å². The maximum absolute atomic E-state index is 8.58. The van der Waals surface area contributed by atoms with Gasteiger partial charge in [-0.25, -0.2) is 4.98 Å². The number of methoxy groups -OCH3 is 1. The summed E-state index contributed by atoms with van der Waals surface area (Å²) in [6.45, 7) is -0.0159. The summed E-state index contributed by atoms with van der Waals surface area (Å²) in [5.41, 5.74) is 6.87. The van der Waals surface area contributed by atoms with Gasteiger partial charge in [-0.2, -0.15) is 0 Å². The molecule has 3 N–H and O–H groups in total. The Labute approximate surface area is 76.7 Å². The molecule has 0 fully saturated rings. The van der Waals surface area contributed by atoms with Crippen molar-refractivity contribution in [3.05, 3.63) is 23.9 Å². The van der Waals surface area contributed by atoms with Crippen LogP contribution in [0.3, 0.4) is 0 Å². The van der Waals surface area contributed by atoms with Crippen molar-refractivity contribution in [1.82, 2.24) is 4.98 Å². The molecule has 1 aromatic rings. The minimum atomic E-state index is -0.0159. The first-order chi connectivity index (χ1) is 6.27. The Kier molecular flexibility index (Phi) is 3.28. The minimum absolute atomic E-state index is 0.0159. The van der Waals surface area contributed by atoms with Gasteiger partial charge >= 0.3 is 0 Å². The number of nitrogen functional groups attached to an aromatic ring is 1. The zero-order valence-corrected chi connectivity index (χ0v) is 7.40. The first-order valence-corrected chi connectivity index (χ1v) is 3.85. The highest BCUT2D eigenvalue weighted by molar-refractivity contribution is 5.59. The van der Waals surface area contributed by atoms with Gasteiger partial charge in [0.15, 0.2) is 0 Å². The number of aliphatic hydroxyl groups is 1. The van der Waals surface area contributed by atoms with Crippen molar-refractivity contribution in [3.63, 3.8) is 0 Å². The Morgan fingerprint density at radius 1 is 1.69 bits per heavy atom. The van der Waals surface area contributed by atoms with Crippen LogP contribution in [-0.2, 0) is 0 Å². The van der Waals surface area contributed by atoms with Crippen LogP contribution in [0.15, 0.2) is 18.3 Å². The maximum atomic E-state index is 8.58. The van der Waals surface area contributed by atoms with E-state index in [0.29, 0.717) is 11.6 Å². The van der Waals surface area contributed by atoms with Crippen LogP contribution in [0.25, 0.3) is 6.08 Å². The highest BCUT2D eigenvalue weighted by Gasteiger charge is 2.00. The fourth-order valence-corrected chi connectivity index (χ4v) is 0.956. The van der Waals surface area contributed by atoms with Gasteiger partial charge < -0.3 is 15.6 Å². The average Bonchev–Trinajstić information content (AvgIpc) is 2.15. The standard InChI is InChI=1S/C9H12N2O2/c1-13-9-7(3-2-4-12)5-8(10)6-11-9/h2-3,5-6,12H,4,10H2,1H3. The molecule has 0 saturated heterocycles. The second kappa shape index (κ2) is 4.47. The molecule has 4 heteroatoms. The Bertz CT molecular complexity index is 310. The van der Waals surface area contributed by atoms with Gasteiger partial charge in [0.05, 0.1) is 25.6 Å². The summed E-state index contributed by atoms with van der Waals surface area (Å²) in [4.78, 5) is 3.97. The lowest BCUT2D eigenvalue weighted by atomic mass is 10.2. The molecule has 4 nitrogen and oxygen atoms in total. The summed E-state index contributed by atoms with van der Waals surface area (Å²) >= 11 is 0.